The summed E-state index contributed by atoms with van der Waals surface area (Å²) in [6, 6.07) is 7.43. The van der Waals surface area contributed by atoms with Crippen molar-refractivity contribution in [1.82, 2.24) is 10.2 Å². The van der Waals surface area contributed by atoms with Gasteiger partial charge in [-0.1, -0.05) is 18.2 Å². The van der Waals surface area contributed by atoms with Crippen LogP contribution in [0.15, 0.2) is 36.9 Å². The average molecular weight is 276 g/mol. The molecule has 0 atom stereocenters. The van der Waals surface area contributed by atoms with Crippen molar-refractivity contribution in [2.75, 3.05) is 20.2 Å². The molecule has 0 aliphatic rings. The van der Waals surface area contributed by atoms with E-state index >= 15 is 0 Å². The molecule has 5 heteroatoms. The molecule has 1 rings (SSSR count). The topological polar surface area (TPSA) is 58.6 Å². The Hall–Kier alpha value is -2.30. The smallest absolute Gasteiger partial charge is 0.239 e. The Kier molecular flexibility index (Phi) is 6.29. The van der Waals surface area contributed by atoms with Gasteiger partial charge in [0.2, 0.25) is 11.8 Å². The van der Waals surface area contributed by atoms with Crippen molar-refractivity contribution in [3.8, 4) is 5.75 Å². The molecular formula is C15H20N2O3. The van der Waals surface area contributed by atoms with Gasteiger partial charge in [0.25, 0.3) is 0 Å². The number of nitrogens with one attached hydrogen (secondary N) is 1. The van der Waals surface area contributed by atoms with Gasteiger partial charge in [-0.05, 0) is 17.7 Å². The second-order valence-corrected chi connectivity index (χ2v) is 4.31. The molecule has 0 spiro atoms. The molecule has 0 bridgehead atoms. The fourth-order valence-corrected chi connectivity index (χ4v) is 1.63. The van der Waals surface area contributed by atoms with Gasteiger partial charge in [-0.25, -0.2) is 0 Å². The summed E-state index contributed by atoms with van der Waals surface area (Å²) in [5, 5.41) is 2.77. The fourth-order valence-electron chi connectivity index (χ4n) is 1.63. The second-order valence-electron chi connectivity index (χ2n) is 4.31. The van der Waals surface area contributed by atoms with E-state index in [1.807, 2.05) is 24.3 Å². The Morgan fingerprint density at radius 3 is 2.50 bits per heavy atom. The average Bonchev–Trinajstić information content (AvgIpc) is 2.45. The third kappa shape index (κ3) is 5.14. The number of hydrogen-bond acceptors (Lipinski definition) is 3. The van der Waals surface area contributed by atoms with Crippen LogP contribution in [0.4, 0.5) is 0 Å². The van der Waals surface area contributed by atoms with Gasteiger partial charge in [0.05, 0.1) is 13.7 Å². The van der Waals surface area contributed by atoms with E-state index in [1.54, 1.807) is 13.2 Å². The number of amides is 2. The lowest BCUT2D eigenvalue weighted by Gasteiger charge is -2.18. The minimum atomic E-state index is -0.196. The molecule has 1 N–H and O–H groups in total. The molecule has 20 heavy (non-hydrogen) atoms. The lowest BCUT2D eigenvalue weighted by atomic mass is 10.2. The van der Waals surface area contributed by atoms with Crippen LogP contribution in [0.2, 0.25) is 0 Å². The highest BCUT2D eigenvalue weighted by Crippen LogP contribution is 2.10. The van der Waals surface area contributed by atoms with Crippen molar-refractivity contribution >= 4 is 11.8 Å². The van der Waals surface area contributed by atoms with Crippen molar-refractivity contribution in [2.24, 2.45) is 0 Å². The van der Waals surface area contributed by atoms with Gasteiger partial charge in [-0.15, -0.1) is 6.58 Å². The molecule has 0 radical (unpaired) electrons. The van der Waals surface area contributed by atoms with E-state index in [-0.39, 0.29) is 18.4 Å². The number of carbonyl (C=O) groups is 2. The summed E-state index contributed by atoms with van der Waals surface area (Å²) in [6.07, 6.45) is 1.60. The van der Waals surface area contributed by atoms with Gasteiger partial charge in [0.1, 0.15) is 5.75 Å². The standard InChI is InChI=1S/C15H20N2O3/c1-4-9-17(12(2)18)11-15(19)16-10-13-5-7-14(20-3)8-6-13/h4-8H,1,9-11H2,2-3H3,(H,16,19). The van der Waals surface area contributed by atoms with Gasteiger partial charge in [0, 0.05) is 20.0 Å². The second kappa shape index (κ2) is 7.99. The summed E-state index contributed by atoms with van der Waals surface area (Å²) in [6.45, 7) is 5.82. The van der Waals surface area contributed by atoms with Crippen molar-refractivity contribution in [1.29, 1.82) is 0 Å². The third-order valence-corrected chi connectivity index (χ3v) is 2.78. The minimum absolute atomic E-state index is 0.0392. The largest absolute Gasteiger partial charge is 0.497 e. The SMILES string of the molecule is C=CCN(CC(=O)NCc1ccc(OC)cc1)C(C)=O. The van der Waals surface area contributed by atoms with Crippen LogP contribution < -0.4 is 10.1 Å². The van der Waals surface area contributed by atoms with E-state index in [2.05, 4.69) is 11.9 Å². The van der Waals surface area contributed by atoms with Crippen LogP contribution in [0.5, 0.6) is 5.75 Å². The summed E-state index contributed by atoms with van der Waals surface area (Å²) in [4.78, 5) is 24.5. The van der Waals surface area contributed by atoms with Gasteiger partial charge in [-0.3, -0.25) is 9.59 Å². The Morgan fingerprint density at radius 1 is 1.35 bits per heavy atom. The third-order valence-electron chi connectivity index (χ3n) is 2.78. The Morgan fingerprint density at radius 2 is 2.00 bits per heavy atom. The van der Waals surface area contributed by atoms with Crippen LogP contribution in [0.1, 0.15) is 12.5 Å². The Balaban J connectivity index is 2.45. The molecule has 108 valence electrons. The van der Waals surface area contributed by atoms with E-state index in [4.69, 9.17) is 4.74 Å². The number of rotatable bonds is 7. The molecule has 0 aliphatic carbocycles. The van der Waals surface area contributed by atoms with Crippen molar-refractivity contribution in [2.45, 2.75) is 13.5 Å². The predicted octanol–water partition coefficient (Wildman–Crippen LogP) is 1.35. The highest BCUT2D eigenvalue weighted by atomic mass is 16.5. The minimum Gasteiger partial charge on any atom is -0.497 e. The highest BCUT2D eigenvalue weighted by molar-refractivity contribution is 5.83. The molecule has 0 aliphatic heterocycles. The highest BCUT2D eigenvalue weighted by Gasteiger charge is 2.11. The van der Waals surface area contributed by atoms with Gasteiger partial charge >= 0.3 is 0 Å². The zero-order chi connectivity index (χ0) is 15.0. The van der Waals surface area contributed by atoms with Crippen LogP contribution >= 0.6 is 0 Å². The van der Waals surface area contributed by atoms with Gasteiger partial charge in [-0.2, -0.15) is 0 Å². The first-order valence-electron chi connectivity index (χ1n) is 6.33. The number of benzene rings is 1. The molecule has 0 saturated carbocycles. The molecular weight excluding hydrogens is 256 g/mol. The summed E-state index contributed by atoms with van der Waals surface area (Å²) >= 11 is 0. The first kappa shape index (κ1) is 15.8. The van der Waals surface area contributed by atoms with Crippen molar-refractivity contribution in [3.63, 3.8) is 0 Å². The summed E-state index contributed by atoms with van der Waals surface area (Å²) in [7, 11) is 1.60. The number of methoxy groups -OCH3 is 1. The zero-order valence-corrected chi connectivity index (χ0v) is 11.9. The molecule has 0 fully saturated rings. The van der Waals surface area contributed by atoms with Crippen molar-refractivity contribution < 1.29 is 14.3 Å². The number of carbonyl (C=O) groups excluding carboxylic acids is 2. The van der Waals surface area contributed by atoms with Crippen LogP contribution in [0.25, 0.3) is 0 Å². The molecule has 0 saturated heterocycles. The number of ether oxygens (including phenoxy) is 1. The molecule has 0 aromatic heterocycles. The van der Waals surface area contributed by atoms with Crippen LogP contribution in [-0.2, 0) is 16.1 Å². The van der Waals surface area contributed by atoms with Crippen LogP contribution in [0.3, 0.4) is 0 Å². The van der Waals surface area contributed by atoms with Crippen LogP contribution in [-0.4, -0.2) is 36.9 Å². The Bertz CT molecular complexity index is 469. The summed E-state index contributed by atoms with van der Waals surface area (Å²) in [5.41, 5.74) is 0.970. The van der Waals surface area contributed by atoms with Crippen molar-refractivity contribution in [3.05, 3.63) is 42.5 Å². The maximum atomic E-state index is 11.8. The molecule has 5 nitrogen and oxygen atoms in total. The van der Waals surface area contributed by atoms with E-state index in [0.717, 1.165) is 11.3 Å². The zero-order valence-electron chi connectivity index (χ0n) is 11.9. The fraction of sp³-hybridized carbons (Fsp3) is 0.333. The molecule has 2 amide bonds. The first-order chi connectivity index (χ1) is 9.56. The van der Waals surface area contributed by atoms with Gasteiger partial charge in [0.15, 0.2) is 0 Å². The first-order valence-corrected chi connectivity index (χ1v) is 6.33. The van der Waals surface area contributed by atoms with E-state index < -0.39 is 0 Å². The molecule has 0 heterocycles. The van der Waals surface area contributed by atoms with E-state index in [0.29, 0.717) is 13.1 Å². The monoisotopic (exact) mass is 276 g/mol. The quantitative estimate of drug-likeness (QED) is 0.765. The van der Waals surface area contributed by atoms with E-state index in [1.165, 1.54) is 11.8 Å². The van der Waals surface area contributed by atoms with Gasteiger partial charge < -0.3 is 15.0 Å². The normalized spacial score (nSPS) is 9.70. The van der Waals surface area contributed by atoms with Crippen LogP contribution in [0, 0.1) is 0 Å². The lowest BCUT2D eigenvalue weighted by Crippen LogP contribution is -2.39. The predicted molar refractivity (Wildman–Crippen MR) is 77.3 cm³/mol. The number of nitrogens with zero attached hydrogens (tertiary/aromatic N) is 1. The molecule has 0 unspecified atom stereocenters. The lowest BCUT2D eigenvalue weighted by molar-refractivity contribution is -0.133. The maximum absolute atomic E-state index is 11.8. The molecule has 1 aromatic rings. The summed E-state index contributed by atoms with van der Waals surface area (Å²) < 4.78 is 5.06. The Labute approximate surface area is 119 Å². The molecule has 1 aromatic carbocycles. The maximum Gasteiger partial charge on any atom is 0.239 e. The summed E-state index contributed by atoms with van der Waals surface area (Å²) in [5.74, 6) is 0.427. The van der Waals surface area contributed by atoms with E-state index in [9.17, 15) is 9.59 Å². The number of hydrogen-bond donors (Lipinski definition) is 1.